The van der Waals surface area contributed by atoms with E-state index in [1.807, 2.05) is 37.3 Å². The smallest absolute Gasteiger partial charge is 0.287 e. The van der Waals surface area contributed by atoms with Crippen LogP contribution in [0, 0.1) is 5.92 Å². The number of para-hydroxylation sites is 1. The monoisotopic (exact) mass is 366 g/mol. The van der Waals surface area contributed by atoms with E-state index in [1.165, 1.54) is 0 Å². The summed E-state index contributed by atoms with van der Waals surface area (Å²) in [6.07, 6.45) is 2.79. The normalized spacial score (nSPS) is 20.1. The number of carbonyl (C=O) groups is 1. The summed E-state index contributed by atoms with van der Waals surface area (Å²) in [6, 6.07) is 12.9. The van der Waals surface area contributed by atoms with Crippen molar-refractivity contribution in [3.05, 3.63) is 60.0 Å². The minimum atomic E-state index is -0.309. The van der Waals surface area contributed by atoms with Gasteiger partial charge in [0.1, 0.15) is 0 Å². The van der Waals surface area contributed by atoms with Crippen molar-refractivity contribution < 1.29 is 19.1 Å². The van der Waals surface area contributed by atoms with E-state index >= 15 is 0 Å². The van der Waals surface area contributed by atoms with Crippen molar-refractivity contribution in [3.8, 4) is 5.95 Å². The number of amides is 1. The lowest BCUT2D eigenvalue weighted by Crippen LogP contribution is -2.41. The molecule has 1 aliphatic carbocycles. The molecule has 1 atom stereocenters. The summed E-state index contributed by atoms with van der Waals surface area (Å²) in [5.74, 6) is 0.386. The Morgan fingerprint density at radius 2 is 2.15 bits per heavy atom. The third-order valence-corrected chi connectivity index (χ3v) is 4.97. The molecule has 3 aromatic rings. The fourth-order valence-electron chi connectivity index (χ4n) is 3.51. The van der Waals surface area contributed by atoms with Gasteiger partial charge in [-0.1, -0.05) is 18.2 Å². The molecule has 6 nitrogen and oxygen atoms in total. The van der Waals surface area contributed by atoms with Crippen LogP contribution in [0.4, 0.5) is 0 Å². The zero-order valence-corrected chi connectivity index (χ0v) is 15.1. The second kappa shape index (κ2) is 7.40. The molecule has 140 valence electrons. The van der Waals surface area contributed by atoms with Gasteiger partial charge in [0.25, 0.3) is 11.9 Å². The molecule has 4 rings (SSSR count). The zero-order valence-electron chi connectivity index (χ0n) is 15.1. The van der Waals surface area contributed by atoms with E-state index < -0.39 is 0 Å². The van der Waals surface area contributed by atoms with Crippen LogP contribution in [-0.2, 0) is 0 Å². The SMILES string of the molecule is CCOc1ccc(C(=O)N[C@@H](c2cnc3ccccc3c2)C2CC(O)C2)o1. The van der Waals surface area contributed by atoms with Crippen LogP contribution < -0.4 is 10.1 Å². The van der Waals surface area contributed by atoms with Crippen LogP contribution >= 0.6 is 0 Å². The molecular weight excluding hydrogens is 344 g/mol. The highest BCUT2D eigenvalue weighted by Gasteiger charge is 2.36. The number of pyridine rings is 1. The van der Waals surface area contributed by atoms with Gasteiger partial charge >= 0.3 is 0 Å². The first kappa shape index (κ1) is 17.5. The third-order valence-electron chi connectivity index (χ3n) is 4.97. The Balaban J connectivity index is 1.59. The number of hydrogen-bond acceptors (Lipinski definition) is 5. The minimum absolute atomic E-state index is 0.160. The van der Waals surface area contributed by atoms with Crippen molar-refractivity contribution in [2.75, 3.05) is 6.61 Å². The molecule has 0 spiro atoms. The van der Waals surface area contributed by atoms with Gasteiger partial charge in [-0.3, -0.25) is 9.78 Å². The van der Waals surface area contributed by atoms with E-state index in [2.05, 4.69) is 10.3 Å². The van der Waals surface area contributed by atoms with Gasteiger partial charge in [0, 0.05) is 17.6 Å². The first-order valence-electron chi connectivity index (χ1n) is 9.20. The zero-order chi connectivity index (χ0) is 18.8. The van der Waals surface area contributed by atoms with Gasteiger partial charge in [-0.2, -0.15) is 0 Å². The molecule has 1 amide bonds. The number of carbonyl (C=O) groups excluding carboxylic acids is 1. The fraction of sp³-hybridized carbons (Fsp3) is 0.333. The van der Waals surface area contributed by atoms with Crippen molar-refractivity contribution in [1.82, 2.24) is 10.3 Å². The number of aromatic nitrogens is 1. The van der Waals surface area contributed by atoms with E-state index in [0.717, 1.165) is 16.5 Å². The molecule has 27 heavy (non-hydrogen) atoms. The van der Waals surface area contributed by atoms with Crippen LogP contribution in [0.2, 0.25) is 0 Å². The van der Waals surface area contributed by atoms with Gasteiger partial charge in [-0.15, -0.1) is 0 Å². The third kappa shape index (κ3) is 3.66. The maximum absolute atomic E-state index is 12.7. The highest BCUT2D eigenvalue weighted by Crippen LogP contribution is 2.38. The van der Waals surface area contributed by atoms with Gasteiger partial charge in [-0.05, 0) is 49.4 Å². The molecule has 1 aromatic carbocycles. The Kier molecular flexibility index (Phi) is 4.81. The molecule has 0 aliphatic heterocycles. The standard InChI is InChI=1S/C21H22N2O4/c1-2-26-19-8-7-18(27-19)21(25)23-20(14-10-16(24)11-14)15-9-13-5-3-4-6-17(13)22-12-15/h3-9,12,14,16,20,24H,2,10-11H2,1H3,(H,23,25)/t14?,16?,20-/m1/s1. The average molecular weight is 366 g/mol. The number of nitrogens with zero attached hydrogens (tertiary/aromatic N) is 1. The highest BCUT2D eigenvalue weighted by molar-refractivity contribution is 5.92. The lowest BCUT2D eigenvalue weighted by molar-refractivity contribution is 0.0231. The van der Waals surface area contributed by atoms with E-state index in [4.69, 9.17) is 9.15 Å². The van der Waals surface area contributed by atoms with Crippen LogP contribution in [0.15, 0.2) is 53.1 Å². The number of benzene rings is 1. The number of nitrogens with one attached hydrogen (secondary N) is 1. The first-order chi connectivity index (χ1) is 13.1. The number of furan rings is 1. The molecule has 2 aromatic heterocycles. The van der Waals surface area contributed by atoms with Crippen molar-refractivity contribution in [3.63, 3.8) is 0 Å². The van der Waals surface area contributed by atoms with Crippen molar-refractivity contribution in [1.29, 1.82) is 0 Å². The number of aliphatic hydroxyl groups is 1. The Morgan fingerprint density at radius 1 is 1.33 bits per heavy atom. The molecule has 0 unspecified atom stereocenters. The summed E-state index contributed by atoms with van der Waals surface area (Å²) in [7, 11) is 0. The molecule has 1 saturated carbocycles. The number of ether oxygens (including phenoxy) is 1. The summed E-state index contributed by atoms with van der Waals surface area (Å²) in [6.45, 7) is 2.33. The second-order valence-electron chi connectivity index (χ2n) is 6.85. The fourth-order valence-corrected chi connectivity index (χ4v) is 3.51. The molecule has 0 radical (unpaired) electrons. The summed E-state index contributed by atoms with van der Waals surface area (Å²) in [5, 5.41) is 13.8. The Bertz CT molecular complexity index is 946. The van der Waals surface area contributed by atoms with E-state index in [0.29, 0.717) is 25.4 Å². The Labute approximate surface area is 157 Å². The summed E-state index contributed by atoms with van der Waals surface area (Å²) < 4.78 is 10.7. The van der Waals surface area contributed by atoms with Crippen molar-refractivity contribution in [2.45, 2.75) is 31.9 Å². The molecule has 2 N–H and O–H groups in total. The first-order valence-corrected chi connectivity index (χ1v) is 9.20. The molecule has 1 aliphatic rings. The van der Waals surface area contributed by atoms with Crippen molar-refractivity contribution >= 4 is 16.8 Å². The number of fused-ring (bicyclic) bond motifs is 1. The molecule has 0 bridgehead atoms. The number of rotatable bonds is 6. The maximum Gasteiger partial charge on any atom is 0.287 e. The molecule has 6 heteroatoms. The predicted octanol–water partition coefficient (Wildman–Crippen LogP) is 3.47. The van der Waals surface area contributed by atoms with Gasteiger partial charge < -0.3 is 19.6 Å². The molecule has 0 saturated heterocycles. The second-order valence-corrected chi connectivity index (χ2v) is 6.85. The van der Waals surface area contributed by atoms with Crippen LogP contribution in [0.1, 0.15) is 41.9 Å². The maximum atomic E-state index is 12.7. The topological polar surface area (TPSA) is 84.6 Å². The summed E-state index contributed by atoms with van der Waals surface area (Å²) in [4.78, 5) is 17.2. The molecular formula is C21H22N2O4. The van der Waals surface area contributed by atoms with Crippen LogP contribution in [0.5, 0.6) is 5.95 Å². The number of aliphatic hydroxyl groups excluding tert-OH is 1. The predicted molar refractivity (Wildman–Crippen MR) is 101 cm³/mol. The lowest BCUT2D eigenvalue weighted by atomic mass is 9.75. The molecule has 1 fully saturated rings. The van der Waals surface area contributed by atoms with Crippen LogP contribution in [-0.4, -0.2) is 28.7 Å². The lowest BCUT2D eigenvalue weighted by Gasteiger charge is -2.38. The quantitative estimate of drug-likeness (QED) is 0.698. The van der Waals surface area contributed by atoms with Crippen molar-refractivity contribution in [2.24, 2.45) is 5.92 Å². The largest absolute Gasteiger partial charge is 0.465 e. The van der Waals surface area contributed by atoms with Gasteiger partial charge in [0.15, 0.2) is 5.76 Å². The Morgan fingerprint density at radius 3 is 2.93 bits per heavy atom. The van der Waals surface area contributed by atoms with Crippen LogP contribution in [0.3, 0.4) is 0 Å². The summed E-state index contributed by atoms with van der Waals surface area (Å²) in [5.41, 5.74) is 1.84. The Hall–Kier alpha value is -2.86. The molecule has 2 heterocycles. The van der Waals surface area contributed by atoms with Gasteiger partial charge in [0.05, 0.1) is 24.3 Å². The average Bonchev–Trinajstić information content (AvgIpc) is 3.12. The van der Waals surface area contributed by atoms with E-state index in [1.54, 1.807) is 18.3 Å². The van der Waals surface area contributed by atoms with E-state index in [-0.39, 0.29) is 29.7 Å². The number of hydrogen-bond donors (Lipinski definition) is 2. The van der Waals surface area contributed by atoms with E-state index in [9.17, 15) is 9.90 Å². The minimum Gasteiger partial charge on any atom is -0.465 e. The summed E-state index contributed by atoms with van der Waals surface area (Å²) >= 11 is 0. The highest BCUT2D eigenvalue weighted by atomic mass is 16.6. The van der Waals surface area contributed by atoms with Gasteiger partial charge in [-0.25, -0.2) is 0 Å². The van der Waals surface area contributed by atoms with Gasteiger partial charge in [0.2, 0.25) is 0 Å². The van der Waals surface area contributed by atoms with Crippen LogP contribution in [0.25, 0.3) is 10.9 Å².